The Bertz CT molecular complexity index is 569. The Labute approximate surface area is 112 Å². The molecule has 0 fully saturated rings. The van der Waals surface area contributed by atoms with Crippen LogP contribution in [0.2, 0.25) is 5.02 Å². The summed E-state index contributed by atoms with van der Waals surface area (Å²) in [7, 11) is 0. The summed E-state index contributed by atoms with van der Waals surface area (Å²) in [6, 6.07) is 4.55. The summed E-state index contributed by atoms with van der Waals surface area (Å²) in [5, 5.41) is 4.50. The molecule has 1 aliphatic rings. The Morgan fingerprint density at radius 2 is 2.00 bits per heavy atom. The Balaban J connectivity index is 2.43. The minimum atomic E-state index is -4.61. The number of rotatable bonds is 1. The molecular formula is C12H10ClF3N2O. The molecule has 19 heavy (non-hydrogen) atoms. The van der Waals surface area contributed by atoms with E-state index in [2.05, 4.69) is 5.10 Å². The average Bonchev–Trinajstić information content (AvgIpc) is 2.60. The third-order valence-corrected chi connectivity index (χ3v) is 3.29. The molecule has 0 radical (unpaired) electrons. The van der Waals surface area contributed by atoms with Crippen molar-refractivity contribution < 1.29 is 18.0 Å². The van der Waals surface area contributed by atoms with E-state index in [0.29, 0.717) is 5.02 Å². The minimum Gasteiger partial charge on any atom is -0.272 e. The molecule has 1 unspecified atom stereocenters. The van der Waals surface area contributed by atoms with Gasteiger partial charge in [0.2, 0.25) is 0 Å². The molecule has 0 bridgehead atoms. The lowest BCUT2D eigenvalue weighted by Crippen LogP contribution is -2.31. The molecule has 0 saturated heterocycles. The van der Waals surface area contributed by atoms with E-state index >= 15 is 0 Å². The van der Waals surface area contributed by atoms with Crippen LogP contribution in [0.15, 0.2) is 23.3 Å². The largest absolute Gasteiger partial charge is 0.432 e. The summed E-state index contributed by atoms with van der Waals surface area (Å²) in [5.74, 6) is -2.02. The molecule has 1 amide bonds. The van der Waals surface area contributed by atoms with Gasteiger partial charge < -0.3 is 0 Å². The van der Waals surface area contributed by atoms with Crippen molar-refractivity contribution in [3.63, 3.8) is 0 Å². The van der Waals surface area contributed by atoms with Crippen molar-refractivity contribution in [3.8, 4) is 0 Å². The van der Waals surface area contributed by atoms with Crippen molar-refractivity contribution in [1.82, 2.24) is 0 Å². The van der Waals surface area contributed by atoms with Crippen LogP contribution in [0.5, 0.6) is 0 Å². The van der Waals surface area contributed by atoms with Gasteiger partial charge in [0.25, 0.3) is 5.91 Å². The number of benzene rings is 1. The van der Waals surface area contributed by atoms with E-state index in [1.165, 1.54) is 19.1 Å². The monoisotopic (exact) mass is 290 g/mol. The van der Waals surface area contributed by atoms with Gasteiger partial charge in [0.1, 0.15) is 0 Å². The van der Waals surface area contributed by atoms with Crippen LogP contribution in [0.1, 0.15) is 12.5 Å². The lowest BCUT2D eigenvalue weighted by molar-refractivity contribution is -0.120. The molecule has 1 aliphatic heterocycles. The number of carbonyl (C=O) groups is 1. The number of hydrazone groups is 1. The van der Waals surface area contributed by atoms with E-state index in [-0.39, 0.29) is 5.69 Å². The summed E-state index contributed by atoms with van der Waals surface area (Å²) in [6.07, 6.45) is -4.61. The van der Waals surface area contributed by atoms with E-state index < -0.39 is 23.7 Å². The van der Waals surface area contributed by atoms with Crippen LogP contribution < -0.4 is 5.01 Å². The van der Waals surface area contributed by atoms with E-state index in [4.69, 9.17) is 11.6 Å². The molecule has 1 aromatic rings. The van der Waals surface area contributed by atoms with Gasteiger partial charge in [-0.2, -0.15) is 23.3 Å². The Morgan fingerprint density at radius 3 is 2.47 bits per heavy atom. The summed E-state index contributed by atoms with van der Waals surface area (Å²) in [4.78, 5) is 11.8. The maximum absolute atomic E-state index is 12.7. The number of alkyl halides is 3. The van der Waals surface area contributed by atoms with Crippen molar-refractivity contribution in [2.75, 3.05) is 5.01 Å². The molecule has 0 N–H and O–H groups in total. The van der Waals surface area contributed by atoms with Crippen LogP contribution in [0.4, 0.5) is 18.9 Å². The Morgan fingerprint density at radius 1 is 1.37 bits per heavy atom. The summed E-state index contributed by atoms with van der Waals surface area (Å²) < 4.78 is 38.0. The minimum absolute atomic E-state index is 0.228. The fourth-order valence-electron chi connectivity index (χ4n) is 1.74. The highest BCUT2D eigenvalue weighted by atomic mass is 35.5. The van der Waals surface area contributed by atoms with E-state index in [1.807, 2.05) is 0 Å². The first kappa shape index (κ1) is 13.9. The third-order valence-electron chi connectivity index (χ3n) is 2.89. The Hall–Kier alpha value is -1.56. The second-order valence-corrected chi connectivity index (χ2v) is 4.70. The maximum atomic E-state index is 12.7. The van der Waals surface area contributed by atoms with Crippen LogP contribution in [0.3, 0.4) is 0 Å². The zero-order valence-corrected chi connectivity index (χ0v) is 10.9. The van der Waals surface area contributed by atoms with Gasteiger partial charge in [-0.15, -0.1) is 0 Å². The van der Waals surface area contributed by atoms with Crippen molar-refractivity contribution in [2.45, 2.75) is 20.0 Å². The van der Waals surface area contributed by atoms with Crippen molar-refractivity contribution in [2.24, 2.45) is 11.0 Å². The molecule has 0 saturated carbocycles. The standard InChI is InChI=1S/C12H10ClF3N2O/c1-6-3-4-8(5-9(6)13)18-11(19)7(2)10(17-18)12(14,15)16/h3-5,7H,1-2H3. The second-order valence-electron chi connectivity index (χ2n) is 4.29. The SMILES string of the molecule is Cc1ccc(N2N=C(C(F)(F)F)C(C)C2=O)cc1Cl. The highest BCUT2D eigenvalue weighted by Crippen LogP contribution is 2.32. The summed E-state index contributed by atoms with van der Waals surface area (Å²) in [6.45, 7) is 2.94. The van der Waals surface area contributed by atoms with Gasteiger partial charge in [0, 0.05) is 5.02 Å². The van der Waals surface area contributed by atoms with E-state index in [9.17, 15) is 18.0 Å². The zero-order chi connectivity index (χ0) is 14.4. The van der Waals surface area contributed by atoms with Crippen LogP contribution >= 0.6 is 11.6 Å². The van der Waals surface area contributed by atoms with Gasteiger partial charge in [-0.25, -0.2) is 0 Å². The summed E-state index contributed by atoms with van der Waals surface area (Å²) >= 11 is 5.89. The number of halogens is 4. The van der Waals surface area contributed by atoms with Gasteiger partial charge in [0.05, 0.1) is 11.6 Å². The Kier molecular flexibility index (Phi) is 3.30. The quantitative estimate of drug-likeness (QED) is 0.778. The molecule has 0 spiro atoms. The number of nitrogens with zero attached hydrogens (tertiary/aromatic N) is 2. The van der Waals surface area contributed by atoms with E-state index in [1.54, 1.807) is 13.0 Å². The molecule has 7 heteroatoms. The van der Waals surface area contributed by atoms with Crippen LogP contribution in [-0.4, -0.2) is 17.8 Å². The molecule has 0 aromatic heterocycles. The van der Waals surface area contributed by atoms with Gasteiger partial charge in [0.15, 0.2) is 5.71 Å². The first-order valence-corrected chi connectivity index (χ1v) is 5.85. The number of hydrogen-bond acceptors (Lipinski definition) is 2. The molecule has 0 aliphatic carbocycles. The number of amides is 1. The van der Waals surface area contributed by atoms with Crippen LogP contribution in [0.25, 0.3) is 0 Å². The number of anilines is 1. The molecule has 1 atom stereocenters. The third kappa shape index (κ3) is 2.45. The second kappa shape index (κ2) is 4.52. The van der Waals surface area contributed by atoms with Crippen molar-refractivity contribution >= 4 is 28.9 Å². The molecule has 3 nitrogen and oxygen atoms in total. The molecule has 1 heterocycles. The van der Waals surface area contributed by atoms with Crippen molar-refractivity contribution in [1.29, 1.82) is 0 Å². The highest BCUT2D eigenvalue weighted by Gasteiger charge is 2.48. The van der Waals surface area contributed by atoms with Gasteiger partial charge in [-0.3, -0.25) is 4.79 Å². The van der Waals surface area contributed by atoms with Gasteiger partial charge >= 0.3 is 6.18 Å². The summed E-state index contributed by atoms with van der Waals surface area (Å²) in [5.41, 5.74) is -0.0916. The number of hydrogen-bond donors (Lipinski definition) is 0. The predicted molar refractivity (Wildman–Crippen MR) is 66.3 cm³/mol. The molecule has 1 aromatic carbocycles. The average molecular weight is 291 g/mol. The van der Waals surface area contributed by atoms with Crippen LogP contribution in [-0.2, 0) is 4.79 Å². The van der Waals surface area contributed by atoms with Gasteiger partial charge in [-0.05, 0) is 31.5 Å². The van der Waals surface area contributed by atoms with E-state index in [0.717, 1.165) is 10.6 Å². The lowest BCUT2D eigenvalue weighted by atomic mass is 10.1. The van der Waals surface area contributed by atoms with Crippen LogP contribution in [0, 0.1) is 12.8 Å². The fourth-order valence-corrected chi connectivity index (χ4v) is 1.92. The van der Waals surface area contributed by atoms with Gasteiger partial charge in [-0.1, -0.05) is 17.7 Å². The molecule has 102 valence electrons. The molecule has 2 rings (SSSR count). The first-order chi connectivity index (χ1) is 8.71. The first-order valence-electron chi connectivity index (χ1n) is 5.47. The molecular weight excluding hydrogens is 281 g/mol. The topological polar surface area (TPSA) is 32.7 Å². The zero-order valence-electron chi connectivity index (χ0n) is 10.1. The number of carbonyl (C=O) groups excluding carboxylic acids is 1. The van der Waals surface area contributed by atoms with Crippen molar-refractivity contribution in [3.05, 3.63) is 28.8 Å². The normalized spacial score (nSPS) is 19.9. The lowest BCUT2D eigenvalue weighted by Gasteiger charge is -2.13. The predicted octanol–water partition coefficient (Wildman–Crippen LogP) is 3.55. The fraction of sp³-hybridized carbons (Fsp3) is 0.333. The smallest absolute Gasteiger partial charge is 0.272 e. The number of aryl methyl sites for hydroxylation is 1. The maximum Gasteiger partial charge on any atom is 0.432 e. The highest BCUT2D eigenvalue weighted by molar-refractivity contribution is 6.31.